The van der Waals surface area contributed by atoms with Crippen LogP contribution < -0.4 is 4.74 Å². The Morgan fingerprint density at radius 2 is 2.14 bits per heavy atom. The highest BCUT2D eigenvalue weighted by molar-refractivity contribution is 5.83. The van der Waals surface area contributed by atoms with Crippen molar-refractivity contribution in [3.05, 3.63) is 30.1 Å². The fourth-order valence-corrected chi connectivity index (χ4v) is 2.77. The number of β-amino-alcohol motifs (C(OH)–C–C–N with tert-alkyl or cyclic N) is 1. The van der Waals surface area contributed by atoms with E-state index in [2.05, 4.69) is 14.9 Å². The number of nitrogens with zero attached hydrogens (tertiary/aromatic N) is 3. The molecule has 5 heteroatoms. The second-order valence-electron chi connectivity index (χ2n) is 5.96. The summed E-state index contributed by atoms with van der Waals surface area (Å²) < 4.78 is 5.86. The van der Waals surface area contributed by atoms with Crippen LogP contribution in [0, 0.1) is 6.92 Å². The number of aromatic nitrogens is 2. The topological polar surface area (TPSA) is 58.5 Å². The van der Waals surface area contributed by atoms with E-state index in [-0.39, 0.29) is 0 Å². The Hall–Kier alpha value is -1.72. The van der Waals surface area contributed by atoms with E-state index in [1.54, 1.807) is 0 Å². The third-order valence-electron chi connectivity index (χ3n) is 3.86. The van der Waals surface area contributed by atoms with Crippen LogP contribution in [-0.4, -0.2) is 51.8 Å². The second kappa shape index (κ2) is 5.58. The predicted octanol–water partition coefficient (Wildman–Crippen LogP) is 1.77. The summed E-state index contributed by atoms with van der Waals surface area (Å²) in [5.41, 5.74) is 0.349. The van der Waals surface area contributed by atoms with Crippen LogP contribution in [0.25, 0.3) is 10.9 Å². The predicted molar refractivity (Wildman–Crippen MR) is 81.5 cm³/mol. The molecule has 0 aliphatic carbocycles. The molecule has 2 aromatic rings. The van der Waals surface area contributed by atoms with Gasteiger partial charge in [0.05, 0.1) is 16.5 Å². The summed E-state index contributed by atoms with van der Waals surface area (Å²) in [6, 6.07) is 7.87. The molecule has 112 valence electrons. The highest BCUT2D eigenvalue weighted by Crippen LogP contribution is 2.23. The van der Waals surface area contributed by atoms with Crippen LogP contribution in [0.2, 0.25) is 0 Å². The van der Waals surface area contributed by atoms with Crippen molar-refractivity contribution in [1.82, 2.24) is 14.9 Å². The molecule has 0 amide bonds. The lowest BCUT2D eigenvalue weighted by Gasteiger charge is -2.18. The fraction of sp³-hybridized carbons (Fsp3) is 0.500. The van der Waals surface area contributed by atoms with Crippen LogP contribution in [0.5, 0.6) is 5.88 Å². The van der Waals surface area contributed by atoms with Crippen molar-refractivity contribution < 1.29 is 9.84 Å². The molecule has 1 aromatic carbocycles. The number of aryl methyl sites for hydroxylation is 1. The average molecular weight is 287 g/mol. The highest BCUT2D eigenvalue weighted by Gasteiger charge is 2.30. The van der Waals surface area contributed by atoms with E-state index < -0.39 is 5.60 Å². The van der Waals surface area contributed by atoms with Crippen LogP contribution in [0.15, 0.2) is 24.3 Å². The Balaban J connectivity index is 1.66. The zero-order chi connectivity index (χ0) is 14.9. The maximum Gasteiger partial charge on any atom is 0.224 e. The zero-order valence-electron chi connectivity index (χ0n) is 12.5. The van der Waals surface area contributed by atoms with Gasteiger partial charge < -0.3 is 9.84 Å². The van der Waals surface area contributed by atoms with Crippen molar-refractivity contribution in [3.63, 3.8) is 0 Å². The van der Waals surface area contributed by atoms with Crippen molar-refractivity contribution in [2.45, 2.75) is 25.9 Å². The molecule has 5 nitrogen and oxygen atoms in total. The van der Waals surface area contributed by atoms with Crippen LogP contribution in [0.4, 0.5) is 0 Å². The number of likely N-dealkylation sites (tertiary alicyclic amines) is 1. The summed E-state index contributed by atoms with van der Waals surface area (Å²) in [4.78, 5) is 11.0. The van der Waals surface area contributed by atoms with E-state index in [0.29, 0.717) is 24.9 Å². The van der Waals surface area contributed by atoms with Crippen LogP contribution in [0.3, 0.4) is 0 Å². The Labute approximate surface area is 124 Å². The molecule has 1 atom stereocenters. The summed E-state index contributed by atoms with van der Waals surface area (Å²) in [5, 5.41) is 10.9. The number of aliphatic hydroxyl groups is 1. The van der Waals surface area contributed by atoms with Gasteiger partial charge in [0.1, 0.15) is 12.4 Å². The molecule has 0 saturated carbocycles. The van der Waals surface area contributed by atoms with Gasteiger partial charge in [0.2, 0.25) is 5.88 Å². The maximum atomic E-state index is 9.96. The number of rotatable bonds is 4. The first-order valence-electron chi connectivity index (χ1n) is 7.34. The van der Waals surface area contributed by atoms with E-state index in [1.807, 2.05) is 38.1 Å². The fourth-order valence-electron chi connectivity index (χ4n) is 2.77. The van der Waals surface area contributed by atoms with E-state index >= 15 is 0 Å². The van der Waals surface area contributed by atoms with Crippen molar-refractivity contribution in [3.8, 4) is 5.88 Å². The first-order valence-corrected chi connectivity index (χ1v) is 7.34. The molecular weight excluding hydrogens is 266 g/mol. The van der Waals surface area contributed by atoms with Gasteiger partial charge in [-0.05, 0) is 32.4 Å². The Morgan fingerprint density at radius 1 is 1.33 bits per heavy atom. The minimum absolute atomic E-state index is 0.557. The summed E-state index contributed by atoms with van der Waals surface area (Å²) >= 11 is 0. The summed E-state index contributed by atoms with van der Waals surface area (Å²) in [6.45, 7) is 6.75. The number of benzene rings is 1. The second-order valence-corrected chi connectivity index (χ2v) is 5.96. The molecule has 0 spiro atoms. The van der Waals surface area contributed by atoms with Gasteiger partial charge in [-0.1, -0.05) is 12.1 Å². The van der Waals surface area contributed by atoms with Gasteiger partial charge in [0.15, 0.2) is 0 Å². The first-order chi connectivity index (χ1) is 10.0. The van der Waals surface area contributed by atoms with Crippen LogP contribution in [0.1, 0.15) is 19.2 Å². The molecule has 1 fully saturated rings. The molecule has 1 N–H and O–H groups in total. The molecule has 1 aromatic heterocycles. The van der Waals surface area contributed by atoms with E-state index in [9.17, 15) is 5.11 Å². The highest BCUT2D eigenvalue weighted by atomic mass is 16.5. The molecule has 2 heterocycles. The minimum Gasteiger partial charge on any atom is -0.476 e. The molecule has 3 rings (SSSR count). The Morgan fingerprint density at radius 3 is 2.90 bits per heavy atom. The third kappa shape index (κ3) is 3.31. The first kappa shape index (κ1) is 14.2. The summed E-state index contributed by atoms with van der Waals surface area (Å²) in [5.74, 6) is 1.36. The molecule has 1 aliphatic rings. The largest absolute Gasteiger partial charge is 0.476 e. The van der Waals surface area contributed by atoms with Crippen LogP contribution in [-0.2, 0) is 0 Å². The lowest BCUT2D eigenvalue weighted by Crippen LogP contribution is -2.32. The van der Waals surface area contributed by atoms with Gasteiger partial charge in [0, 0.05) is 19.6 Å². The summed E-state index contributed by atoms with van der Waals surface area (Å²) in [6.07, 6.45) is 0.822. The summed E-state index contributed by atoms with van der Waals surface area (Å²) in [7, 11) is 0. The van der Waals surface area contributed by atoms with Gasteiger partial charge in [-0.15, -0.1) is 0 Å². The number of hydrogen-bond donors (Lipinski definition) is 1. The van der Waals surface area contributed by atoms with Gasteiger partial charge >= 0.3 is 0 Å². The van der Waals surface area contributed by atoms with E-state index in [4.69, 9.17) is 4.74 Å². The lowest BCUT2D eigenvalue weighted by atomic mass is 10.1. The van der Waals surface area contributed by atoms with Crippen molar-refractivity contribution >= 4 is 10.9 Å². The van der Waals surface area contributed by atoms with E-state index in [1.165, 1.54) is 0 Å². The van der Waals surface area contributed by atoms with Crippen molar-refractivity contribution in [2.24, 2.45) is 0 Å². The number of fused-ring (bicyclic) bond motifs is 1. The monoisotopic (exact) mass is 287 g/mol. The van der Waals surface area contributed by atoms with Crippen molar-refractivity contribution in [2.75, 3.05) is 26.2 Å². The molecule has 1 unspecified atom stereocenters. The molecule has 1 saturated heterocycles. The molecule has 1 aliphatic heterocycles. The van der Waals surface area contributed by atoms with Gasteiger partial charge in [-0.3, -0.25) is 4.90 Å². The molecule has 0 bridgehead atoms. The molecular formula is C16H21N3O2. The molecule has 0 radical (unpaired) electrons. The standard InChI is InChI=1S/C16H21N3O2/c1-12-17-14-6-4-3-5-13(14)15(18-12)21-10-9-19-8-7-16(2,20)11-19/h3-6,20H,7-11H2,1-2H3. The van der Waals surface area contributed by atoms with E-state index in [0.717, 1.165) is 30.4 Å². The normalized spacial score (nSPS) is 22.8. The van der Waals surface area contributed by atoms with Crippen molar-refractivity contribution in [1.29, 1.82) is 0 Å². The van der Waals surface area contributed by atoms with Crippen LogP contribution >= 0.6 is 0 Å². The van der Waals surface area contributed by atoms with Gasteiger partial charge in [-0.25, -0.2) is 4.98 Å². The minimum atomic E-state index is -0.557. The lowest BCUT2D eigenvalue weighted by molar-refractivity contribution is 0.0669. The quantitative estimate of drug-likeness (QED) is 0.929. The maximum absolute atomic E-state index is 9.96. The van der Waals surface area contributed by atoms with Gasteiger partial charge in [0.25, 0.3) is 0 Å². The number of para-hydroxylation sites is 1. The average Bonchev–Trinajstić information content (AvgIpc) is 2.78. The smallest absolute Gasteiger partial charge is 0.224 e. The Kier molecular flexibility index (Phi) is 3.78. The Bertz CT molecular complexity index is 642. The number of hydrogen-bond acceptors (Lipinski definition) is 5. The molecule has 21 heavy (non-hydrogen) atoms. The SMILES string of the molecule is Cc1nc(OCCN2CCC(C)(O)C2)c2ccccc2n1. The number of ether oxygens (including phenoxy) is 1. The third-order valence-corrected chi connectivity index (χ3v) is 3.86. The zero-order valence-corrected chi connectivity index (χ0v) is 12.5. The van der Waals surface area contributed by atoms with Gasteiger partial charge in [-0.2, -0.15) is 4.98 Å².